The highest BCUT2D eigenvalue weighted by Crippen LogP contribution is 2.19. The van der Waals surface area contributed by atoms with Gasteiger partial charge in [0.15, 0.2) is 5.13 Å². The first-order valence-corrected chi connectivity index (χ1v) is 10.0. The maximum Gasteiger partial charge on any atom is 0.226 e. The van der Waals surface area contributed by atoms with Gasteiger partial charge in [-0.3, -0.25) is 9.69 Å². The summed E-state index contributed by atoms with van der Waals surface area (Å²) in [5.41, 5.74) is 3.42. The van der Waals surface area contributed by atoms with Gasteiger partial charge in [0.1, 0.15) is 0 Å². The maximum atomic E-state index is 12.2. The van der Waals surface area contributed by atoms with Crippen molar-refractivity contribution < 1.29 is 9.53 Å². The molecule has 6 heteroatoms. The summed E-state index contributed by atoms with van der Waals surface area (Å²) in [6.45, 7) is 8.90. The lowest BCUT2D eigenvalue weighted by Crippen LogP contribution is -2.44. The average molecular weight is 374 g/mol. The second-order valence-electron chi connectivity index (χ2n) is 7.13. The van der Waals surface area contributed by atoms with Crippen LogP contribution >= 0.6 is 11.3 Å². The number of aryl methyl sites for hydroxylation is 2. The third kappa shape index (κ3) is 5.62. The van der Waals surface area contributed by atoms with E-state index >= 15 is 0 Å². The summed E-state index contributed by atoms with van der Waals surface area (Å²) in [4.78, 5) is 19.1. The van der Waals surface area contributed by atoms with Crippen LogP contribution in [0.15, 0.2) is 29.6 Å². The summed E-state index contributed by atoms with van der Waals surface area (Å²) in [6.07, 6.45) is 1.71. The SMILES string of the molecule is Cc1ccc(CCC(=O)Nc2nc(CN3C[C@@H](C)O[C@H](C)C3)cs2)cc1. The number of nitrogens with one attached hydrogen (secondary N) is 1. The van der Waals surface area contributed by atoms with Crippen LogP contribution in [0.2, 0.25) is 0 Å². The van der Waals surface area contributed by atoms with Crippen LogP contribution < -0.4 is 5.32 Å². The summed E-state index contributed by atoms with van der Waals surface area (Å²) in [6, 6.07) is 8.31. The summed E-state index contributed by atoms with van der Waals surface area (Å²) in [5, 5.41) is 5.64. The van der Waals surface area contributed by atoms with Gasteiger partial charge in [-0.05, 0) is 32.8 Å². The normalized spacial score (nSPS) is 20.9. The number of rotatable bonds is 6. The summed E-state index contributed by atoms with van der Waals surface area (Å²) >= 11 is 1.49. The summed E-state index contributed by atoms with van der Waals surface area (Å²) < 4.78 is 5.77. The van der Waals surface area contributed by atoms with E-state index in [0.717, 1.165) is 31.7 Å². The third-order valence-corrected chi connectivity index (χ3v) is 5.25. The molecule has 1 aromatic carbocycles. The molecule has 3 rings (SSSR count). The Morgan fingerprint density at radius 1 is 1.27 bits per heavy atom. The number of thiazole rings is 1. The second-order valence-corrected chi connectivity index (χ2v) is 7.99. The van der Waals surface area contributed by atoms with Crippen molar-refractivity contribution in [3.05, 3.63) is 46.5 Å². The first kappa shape index (κ1) is 19.0. The largest absolute Gasteiger partial charge is 0.373 e. The van der Waals surface area contributed by atoms with E-state index in [9.17, 15) is 4.79 Å². The van der Waals surface area contributed by atoms with Gasteiger partial charge in [-0.15, -0.1) is 11.3 Å². The molecule has 1 aromatic heterocycles. The topological polar surface area (TPSA) is 54.5 Å². The van der Waals surface area contributed by atoms with Crippen LogP contribution in [0.25, 0.3) is 0 Å². The molecule has 0 bridgehead atoms. The third-order valence-electron chi connectivity index (χ3n) is 4.44. The Morgan fingerprint density at radius 2 is 1.96 bits per heavy atom. The Bertz CT molecular complexity index is 719. The number of hydrogen-bond donors (Lipinski definition) is 1. The molecule has 1 N–H and O–H groups in total. The Balaban J connectivity index is 1.46. The average Bonchev–Trinajstić information content (AvgIpc) is 3.00. The first-order chi connectivity index (χ1) is 12.5. The van der Waals surface area contributed by atoms with E-state index in [-0.39, 0.29) is 18.1 Å². The number of anilines is 1. The molecule has 5 nitrogen and oxygen atoms in total. The van der Waals surface area contributed by atoms with Crippen LogP contribution in [0.4, 0.5) is 5.13 Å². The van der Waals surface area contributed by atoms with Crippen molar-refractivity contribution in [3.8, 4) is 0 Å². The number of carbonyl (C=O) groups excluding carboxylic acids is 1. The molecule has 0 saturated carbocycles. The molecule has 0 aliphatic carbocycles. The summed E-state index contributed by atoms with van der Waals surface area (Å²) in [7, 11) is 0. The van der Waals surface area contributed by atoms with Gasteiger partial charge in [0.05, 0.1) is 17.9 Å². The number of carbonyl (C=O) groups is 1. The Kier molecular flexibility index (Phi) is 6.40. The zero-order chi connectivity index (χ0) is 18.5. The molecule has 2 heterocycles. The molecule has 1 aliphatic heterocycles. The lowest BCUT2D eigenvalue weighted by Gasteiger charge is -2.34. The molecule has 1 aliphatic rings. The number of benzene rings is 1. The predicted molar refractivity (Wildman–Crippen MR) is 106 cm³/mol. The van der Waals surface area contributed by atoms with E-state index < -0.39 is 0 Å². The number of aromatic nitrogens is 1. The van der Waals surface area contributed by atoms with Crippen LogP contribution in [0.3, 0.4) is 0 Å². The predicted octanol–water partition coefficient (Wildman–Crippen LogP) is 3.63. The van der Waals surface area contributed by atoms with Crippen molar-refractivity contribution in [2.45, 2.75) is 52.4 Å². The first-order valence-electron chi connectivity index (χ1n) is 9.15. The smallest absolute Gasteiger partial charge is 0.226 e. The van der Waals surface area contributed by atoms with E-state index in [1.165, 1.54) is 22.5 Å². The summed E-state index contributed by atoms with van der Waals surface area (Å²) in [5.74, 6) is 0.0140. The van der Waals surface area contributed by atoms with Crippen molar-refractivity contribution >= 4 is 22.4 Å². The number of morpholine rings is 1. The minimum Gasteiger partial charge on any atom is -0.373 e. The van der Waals surface area contributed by atoms with Gasteiger partial charge < -0.3 is 10.1 Å². The molecule has 1 fully saturated rings. The molecule has 140 valence electrons. The molecule has 0 unspecified atom stereocenters. The van der Waals surface area contributed by atoms with Crippen molar-refractivity contribution in [3.63, 3.8) is 0 Å². The number of ether oxygens (including phenoxy) is 1. The fraction of sp³-hybridized carbons (Fsp3) is 0.500. The highest BCUT2D eigenvalue weighted by molar-refractivity contribution is 7.13. The molecular formula is C20H27N3O2S. The standard InChI is InChI=1S/C20H27N3O2S/c1-14-4-6-17(7-5-14)8-9-19(24)22-20-21-18(13-26-20)12-23-10-15(2)25-16(3)11-23/h4-7,13,15-16H,8-12H2,1-3H3,(H,21,22,24)/t15-,16-/m1/s1. The molecule has 26 heavy (non-hydrogen) atoms. The van der Waals surface area contributed by atoms with Crippen LogP contribution in [0, 0.1) is 6.92 Å². The van der Waals surface area contributed by atoms with Gasteiger partial charge in [-0.25, -0.2) is 4.98 Å². The minimum atomic E-state index is 0.0140. The second kappa shape index (κ2) is 8.75. The van der Waals surface area contributed by atoms with Gasteiger partial charge in [-0.1, -0.05) is 29.8 Å². The Labute approximate surface area is 159 Å². The zero-order valence-electron chi connectivity index (χ0n) is 15.7. The Hall–Kier alpha value is -1.76. The zero-order valence-corrected chi connectivity index (χ0v) is 16.5. The van der Waals surface area contributed by atoms with Crippen molar-refractivity contribution in [2.24, 2.45) is 0 Å². The maximum absolute atomic E-state index is 12.2. The molecule has 0 spiro atoms. The molecule has 2 aromatic rings. The molecule has 2 atom stereocenters. The van der Waals surface area contributed by atoms with E-state index in [1.807, 2.05) is 5.38 Å². The lowest BCUT2D eigenvalue weighted by atomic mass is 10.1. The molecular weight excluding hydrogens is 346 g/mol. The molecule has 0 radical (unpaired) electrons. The number of amides is 1. The van der Waals surface area contributed by atoms with E-state index in [1.54, 1.807) is 0 Å². The molecule has 1 amide bonds. The van der Waals surface area contributed by atoms with Crippen LogP contribution in [-0.2, 0) is 22.5 Å². The van der Waals surface area contributed by atoms with Gasteiger partial charge in [0, 0.05) is 31.4 Å². The van der Waals surface area contributed by atoms with Gasteiger partial charge in [-0.2, -0.15) is 0 Å². The van der Waals surface area contributed by atoms with Crippen LogP contribution in [0.5, 0.6) is 0 Å². The van der Waals surface area contributed by atoms with E-state index in [4.69, 9.17) is 4.74 Å². The fourth-order valence-electron chi connectivity index (χ4n) is 3.27. The van der Waals surface area contributed by atoms with Crippen molar-refractivity contribution in [2.75, 3.05) is 18.4 Å². The number of hydrogen-bond acceptors (Lipinski definition) is 5. The van der Waals surface area contributed by atoms with Gasteiger partial charge >= 0.3 is 0 Å². The minimum absolute atomic E-state index is 0.0140. The van der Waals surface area contributed by atoms with Crippen molar-refractivity contribution in [1.29, 1.82) is 0 Å². The van der Waals surface area contributed by atoms with E-state index in [2.05, 4.69) is 60.2 Å². The quantitative estimate of drug-likeness (QED) is 0.840. The van der Waals surface area contributed by atoms with Gasteiger partial charge in [0.2, 0.25) is 5.91 Å². The van der Waals surface area contributed by atoms with E-state index in [0.29, 0.717) is 11.6 Å². The Morgan fingerprint density at radius 3 is 2.65 bits per heavy atom. The van der Waals surface area contributed by atoms with Crippen molar-refractivity contribution in [1.82, 2.24) is 9.88 Å². The van der Waals surface area contributed by atoms with Gasteiger partial charge in [0.25, 0.3) is 0 Å². The highest BCUT2D eigenvalue weighted by Gasteiger charge is 2.22. The fourth-order valence-corrected chi connectivity index (χ4v) is 3.99. The lowest BCUT2D eigenvalue weighted by molar-refractivity contribution is -0.116. The van der Waals surface area contributed by atoms with Crippen LogP contribution in [-0.4, -0.2) is 41.1 Å². The van der Waals surface area contributed by atoms with Crippen LogP contribution in [0.1, 0.15) is 37.1 Å². The highest BCUT2D eigenvalue weighted by atomic mass is 32.1. The molecule has 1 saturated heterocycles. The number of nitrogens with zero attached hydrogens (tertiary/aromatic N) is 2. The monoisotopic (exact) mass is 373 g/mol.